The maximum Gasteiger partial charge on any atom is 0.408 e. The van der Waals surface area contributed by atoms with Crippen LogP contribution in [0.1, 0.15) is 33.3 Å². The molecule has 1 aromatic carbocycles. The molecule has 1 atom stereocenters. The van der Waals surface area contributed by atoms with Crippen molar-refractivity contribution in [1.82, 2.24) is 16.0 Å². The number of hydrogen-bond acceptors (Lipinski definition) is 6. The van der Waals surface area contributed by atoms with E-state index in [2.05, 4.69) is 16.0 Å². The monoisotopic (exact) mass is 394 g/mol. The molecule has 0 saturated carbocycles. The number of nitrogens with one attached hydrogen (secondary N) is 3. The molecule has 0 spiro atoms. The summed E-state index contributed by atoms with van der Waals surface area (Å²) in [6.45, 7) is 7.00. The van der Waals surface area contributed by atoms with Crippen LogP contribution < -0.4 is 16.0 Å². The second-order valence-electron chi connectivity index (χ2n) is 7.00. The minimum Gasteiger partial charge on any atom is -0.444 e. The minimum atomic E-state index is -1.02. The molecule has 0 radical (unpaired) electrons. The van der Waals surface area contributed by atoms with Crippen LogP contribution in [0.5, 0.6) is 0 Å². The largest absolute Gasteiger partial charge is 0.444 e. The van der Waals surface area contributed by atoms with Crippen molar-refractivity contribution in [3.8, 4) is 0 Å². The molecule has 0 fully saturated rings. The fraction of sp³-hybridized carbons (Fsp3) is 0.500. The van der Waals surface area contributed by atoms with Gasteiger partial charge in [0.2, 0.25) is 11.8 Å². The van der Waals surface area contributed by atoms with E-state index >= 15 is 0 Å². The van der Waals surface area contributed by atoms with Crippen molar-refractivity contribution >= 4 is 23.6 Å². The van der Waals surface area contributed by atoms with Gasteiger partial charge < -0.3 is 20.7 Å². The predicted molar refractivity (Wildman–Crippen MR) is 102 cm³/mol. The summed E-state index contributed by atoms with van der Waals surface area (Å²) >= 11 is 0. The summed E-state index contributed by atoms with van der Waals surface area (Å²) in [6.07, 6.45) is -0.717. The highest BCUT2D eigenvalue weighted by Crippen LogP contribution is 2.14. The smallest absolute Gasteiger partial charge is 0.408 e. The molecule has 3 N–H and O–H groups in total. The Morgan fingerprint density at radius 1 is 1.14 bits per heavy atom. The van der Waals surface area contributed by atoms with Crippen molar-refractivity contribution in [2.45, 2.75) is 45.8 Å². The van der Waals surface area contributed by atoms with Crippen LogP contribution in [0.2, 0.25) is 0 Å². The van der Waals surface area contributed by atoms with E-state index in [0.29, 0.717) is 12.1 Å². The third-order valence-electron chi connectivity index (χ3n) is 3.39. The molecule has 0 unspecified atom stereocenters. The molecular weight excluding hydrogens is 368 g/mol. The van der Waals surface area contributed by atoms with E-state index in [1.54, 1.807) is 27.7 Å². The maximum atomic E-state index is 12.5. The highest BCUT2D eigenvalue weighted by Gasteiger charge is 2.25. The Morgan fingerprint density at radius 3 is 2.25 bits per heavy atom. The Bertz CT molecular complexity index is 712. The van der Waals surface area contributed by atoms with Gasteiger partial charge in [-0.1, -0.05) is 12.1 Å². The fourth-order valence-electron chi connectivity index (χ4n) is 2.20. The van der Waals surface area contributed by atoms with Crippen LogP contribution in [0.25, 0.3) is 0 Å². The van der Waals surface area contributed by atoms with Crippen molar-refractivity contribution in [1.29, 1.82) is 0 Å². The Kier molecular flexibility index (Phi) is 8.36. The average Bonchev–Trinajstić information content (AvgIpc) is 2.58. The highest BCUT2D eigenvalue weighted by atomic mass is 16.6. The standard InChI is InChI=1S/C18H26N4O6/c1-5-19-15(23)11-20-16(24)14(21-17(25)28-18(2,3)4)10-12-6-8-13(9-7-12)22(26)27/h6-9,14H,5,10-11H2,1-4H3,(H,19,23)(H,20,24)(H,21,25)/t14-/m1/s1. The lowest BCUT2D eigenvalue weighted by Crippen LogP contribution is -2.51. The lowest BCUT2D eigenvalue weighted by atomic mass is 10.0. The first-order valence-electron chi connectivity index (χ1n) is 8.79. The number of ether oxygens (including phenoxy) is 1. The van der Waals surface area contributed by atoms with Gasteiger partial charge in [0.15, 0.2) is 0 Å². The van der Waals surface area contributed by atoms with Crippen molar-refractivity contribution in [2.24, 2.45) is 0 Å². The van der Waals surface area contributed by atoms with Crippen molar-refractivity contribution in [2.75, 3.05) is 13.1 Å². The molecule has 3 amide bonds. The molecule has 10 nitrogen and oxygen atoms in total. The van der Waals surface area contributed by atoms with Crippen LogP contribution in [0.4, 0.5) is 10.5 Å². The number of amides is 3. The molecular formula is C18H26N4O6. The lowest BCUT2D eigenvalue weighted by molar-refractivity contribution is -0.384. The molecule has 0 heterocycles. The third kappa shape index (κ3) is 8.47. The number of hydrogen-bond donors (Lipinski definition) is 3. The van der Waals surface area contributed by atoms with Crippen LogP contribution >= 0.6 is 0 Å². The normalized spacial score (nSPS) is 11.9. The summed E-state index contributed by atoms with van der Waals surface area (Å²) in [7, 11) is 0. The van der Waals surface area contributed by atoms with Crippen LogP contribution in [-0.4, -0.2) is 47.6 Å². The molecule has 0 aliphatic heterocycles. The number of carbonyl (C=O) groups excluding carboxylic acids is 3. The van der Waals surface area contributed by atoms with Crippen LogP contribution in [0, 0.1) is 10.1 Å². The van der Waals surface area contributed by atoms with Gasteiger partial charge in [0.25, 0.3) is 5.69 Å². The molecule has 10 heteroatoms. The van der Waals surface area contributed by atoms with Crippen LogP contribution in [-0.2, 0) is 20.7 Å². The quantitative estimate of drug-likeness (QED) is 0.448. The van der Waals surface area contributed by atoms with Gasteiger partial charge >= 0.3 is 6.09 Å². The van der Waals surface area contributed by atoms with E-state index < -0.39 is 28.6 Å². The summed E-state index contributed by atoms with van der Waals surface area (Å²) in [5.41, 5.74) is -0.236. The van der Waals surface area contributed by atoms with Crippen molar-refractivity contribution in [3.05, 3.63) is 39.9 Å². The van der Waals surface area contributed by atoms with E-state index in [0.717, 1.165) is 0 Å². The molecule has 0 aliphatic rings. The maximum absolute atomic E-state index is 12.5. The Balaban J connectivity index is 2.86. The van der Waals surface area contributed by atoms with E-state index in [9.17, 15) is 24.5 Å². The molecule has 0 bridgehead atoms. The van der Waals surface area contributed by atoms with Gasteiger partial charge in [0.05, 0.1) is 11.5 Å². The highest BCUT2D eigenvalue weighted by molar-refractivity contribution is 5.89. The Labute approximate surface area is 163 Å². The number of nitro benzene ring substituents is 1. The number of rotatable bonds is 8. The van der Waals surface area contributed by atoms with Gasteiger partial charge in [0, 0.05) is 25.1 Å². The van der Waals surface area contributed by atoms with Gasteiger partial charge in [-0.3, -0.25) is 19.7 Å². The lowest BCUT2D eigenvalue weighted by Gasteiger charge is -2.23. The first-order chi connectivity index (χ1) is 13.0. The van der Waals surface area contributed by atoms with Gasteiger partial charge in [-0.25, -0.2) is 4.79 Å². The number of likely N-dealkylation sites (N-methyl/N-ethyl adjacent to an activating group) is 1. The van der Waals surface area contributed by atoms with Gasteiger partial charge in [-0.15, -0.1) is 0 Å². The number of nitrogens with zero attached hydrogens (tertiary/aromatic N) is 1. The summed E-state index contributed by atoms with van der Waals surface area (Å²) in [5, 5.41) is 18.2. The summed E-state index contributed by atoms with van der Waals surface area (Å²) in [4.78, 5) is 46.3. The van der Waals surface area contributed by atoms with Gasteiger partial charge in [-0.05, 0) is 33.3 Å². The zero-order valence-corrected chi connectivity index (χ0v) is 16.4. The minimum absolute atomic E-state index is 0.0679. The summed E-state index contributed by atoms with van der Waals surface area (Å²) in [5.74, 6) is -0.933. The third-order valence-corrected chi connectivity index (χ3v) is 3.39. The fourth-order valence-corrected chi connectivity index (χ4v) is 2.20. The number of nitro groups is 1. The molecule has 1 aromatic rings. The molecule has 28 heavy (non-hydrogen) atoms. The van der Waals surface area contributed by atoms with Gasteiger partial charge in [-0.2, -0.15) is 0 Å². The predicted octanol–water partition coefficient (Wildman–Crippen LogP) is 1.28. The van der Waals surface area contributed by atoms with Crippen LogP contribution in [0.15, 0.2) is 24.3 Å². The van der Waals surface area contributed by atoms with E-state index in [1.165, 1.54) is 24.3 Å². The first-order valence-corrected chi connectivity index (χ1v) is 8.79. The molecule has 0 aliphatic carbocycles. The van der Waals surface area contributed by atoms with Crippen molar-refractivity contribution in [3.63, 3.8) is 0 Å². The number of carbonyl (C=O) groups is 3. The van der Waals surface area contributed by atoms with E-state index in [1.807, 2.05) is 0 Å². The Morgan fingerprint density at radius 2 is 1.75 bits per heavy atom. The SMILES string of the molecule is CCNC(=O)CNC(=O)[C@@H](Cc1ccc([N+](=O)[O-])cc1)NC(=O)OC(C)(C)C. The second-order valence-corrected chi connectivity index (χ2v) is 7.00. The topological polar surface area (TPSA) is 140 Å². The Hall–Kier alpha value is -3.17. The number of benzene rings is 1. The summed E-state index contributed by atoms with van der Waals surface area (Å²) in [6, 6.07) is 4.60. The first kappa shape index (κ1) is 22.9. The molecule has 0 aromatic heterocycles. The number of alkyl carbamates (subject to hydrolysis) is 1. The van der Waals surface area contributed by atoms with E-state index in [4.69, 9.17) is 4.74 Å². The number of non-ortho nitro benzene ring substituents is 1. The zero-order chi connectivity index (χ0) is 21.3. The average molecular weight is 394 g/mol. The second kappa shape index (κ2) is 10.2. The van der Waals surface area contributed by atoms with Crippen LogP contribution in [0.3, 0.4) is 0 Å². The molecule has 1 rings (SSSR count). The summed E-state index contributed by atoms with van der Waals surface area (Å²) < 4.78 is 5.17. The van der Waals surface area contributed by atoms with Gasteiger partial charge in [0.1, 0.15) is 11.6 Å². The van der Waals surface area contributed by atoms with E-state index in [-0.39, 0.29) is 24.6 Å². The zero-order valence-electron chi connectivity index (χ0n) is 16.4. The molecule has 0 saturated heterocycles. The molecule has 154 valence electrons. The van der Waals surface area contributed by atoms with Crippen molar-refractivity contribution < 1.29 is 24.0 Å².